The van der Waals surface area contributed by atoms with E-state index in [1.165, 1.54) is 4.57 Å². The van der Waals surface area contributed by atoms with Crippen LogP contribution < -0.4 is 15.8 Å². The van der Waals surface area contributed by atoms with Crippen LogP contribution in [-0.4, -0.2) is 58.1 Å². The average Bonchev–Trinajstić information content (AvgIpc) is 3.06. The van der Waals surface area contributed by atoms with Gasteiger partial charge in [-0.25, -0.2) is 4.98 Å². The largest absolute Gasteiger partial charge is 0.370 e. The highest BCUT2D eigenvalue weighted by atomic mass is 35.5. The van der Waals surface area contributed by atoms with Crippen LogP contribution in [-0.2, 0) is 11.3 Å². The Hall–Kier alpha value is -2.90. The maximum Gasteiger partial charge on any atom is 0.262 e. The summed E-state index contributed by atoms with van der Waals surface area (Å²) in [5.41, 5.74) is 1.65. The first-order valence-electron chi connectivity index (χ1n) is 12.6. The van der Waals surface area contributed by atoms with Crippen molar-refractivity contribution in [1.29, 1.82) is 0 Å². The van der Waals surface area contributed by atoms with Crippen molar-refractivity contribution in [3.05, 3.63) is 57.8 Å². The summed E-state index contributed by atoms with van der Waals surface area (Å²) >= 11 is 6.24. The third-order valence-electron chi connectivity index (χ3n) is 6.46. The minimum atomic E-state index is -0.412. The number of anilines is 1. The summed E-state index contributed by atoms with van der Waals surface area (Å²) in [7, 11) is 0. The minimum Gasteiger partial charge on any atom is -0.370 e. The van der Waals surface area contributed by atoms with Gasteiger partial charge < -0.3 is 10.2 Å². The van der Waals surface area contributed by atoms with Gasteiger partial charge in [0.25, 0.3) is 5.56 Å². The lowest BCUT2D eigenvalue weighted by molar-refractivity contribution is -0.123. The second-order valence-corrected chi connectivity index (χ2v) is 11.2. The Balaban J connectivity index is 1.78. The van der Waals surface area contributed by atoms with Crippen LogP contribution in [0.5, 0.6) is 0 Å². The van der Waals surface area contributed by atoms with E-state index in [1.807, 2.05) is 51.1 Å². The summed E-state index contributed by atoms with van der Waals surface area (Å²) in [5, 5.41) is 4.00. The van der Waals surface area contributed by atoms with Gasteiger partial charge in [-0.15, -0.1) is 0 Å². The Bertz CT molecular complexity index is 1310. The summed E-state index contributed by atoms with van der Waals surface area (Å²) in [4.78, 5) is 36.4. The van der Waals surface area contributed by atoms with E-state index in [1.54, 1.807) is 12.1 Å². The van der Waals surface area contributed by atoms with Crippen molar-refractivity contribution in [2.45, 2.75) is 59.2 Å². The van der Waals surface area contributed by atoms with Gasteiger partial charge in [0.2, 0.25) is 5.91 Å². The molecule has 0 saturated carbocycles. The fourth-order valence-corrected chi connectivity index (χ4v) is 4.90. The molecule has 1 N–H and O–H groups in total. The number of carbonyl (C=O) groups excluding carboxylic acids is 1. The van der Waals surface area contributed by atoms with E-state index >= 15 is 0 Å². The zero-order valence-corrected chi connectivity index (χ0v) is 22.6. The number of halogens is 1. The lowest BCUT2D eigenvalue weighted by Crippen LogP contribution is -2.43. The van der Waals surface area contributed by atoms with Crippen molar-refractivity contribution < 1.29 is 4.79 Å². The highest BCUT2D eigenvalue weighted by Gasteiger charge is 2.21. The maximum absolute atomic E-state index is 13.8. The standard InChI is InChI=1S/C28H36ClN5O2/c1-19(2)32-12-7-13-33(15-14-32)22-10-11-24-23(17-22)27(36)34(18-25(35)31-28(3,4)5)26(30-24)20-8-6-9-21(29)16-20/h6,8-11,16-17,19H,7,12-15,18H2,1-5H3,(H,31,35). The Kier molecular flexibility index (Phi) is 7.71. The summed E-state index contributed by atoms with van der Waals surface area (Å²) in [6.07, 6.45) is 1.07. The lowest BCUT2D eigenvalue weighted by atomic mass is 10.1. The van der Waals surface area contributed by atoms with Gasteiger partial charge in [-0.1, -0.05) is 23.7 Å². The number of carbonyl (C=O) groups is 1. The molecule has 2 heterocycles. The lowest BCUT2D eigenvalue weighted by Gasteiger charge is -2.26. The fourth-order valence-electron chi connectivity index (χ4n) is 4.71. The molecular formula is C28H36ClN5O2. The fraction of sp³-hybridized carbons (Fsp3) is 0.464. The zero-order chi connectivity index (χ0) is 26.0. The summed E-state index contributed by atoms with van der Waals surface area (Å²) in [5.74, 6) is 0.181. The van der Waals surface area contributed by atoms with Crippen LogP contribution in [0.4, 0.5) is 5.69 Å². The third kappa shape index (κ3) is 6.08. The Morgan fingerprint density at radius 1 is 1.08 bits per heavy atom. The Labute approximate surface area is 218 Å². The first-order chi connectivity index (χ1) is 17.0. The van der Waals surface area contributed by atoms with Gasteiger partial charge in [0.1, 0.15) is 12.4 Å². The molecule has 36 heavy (non-hydrogen) atoms. The molecule has 0 unspecified atom stereocenters. The van der Waals surface area contributed by atoms with Gasteiger partial charge in [0, 0.05) is 54.0 Å². The summed E-state index contributed by atoms with van der Waals surface area (Å²) < 4.78 is 1.46. The van der Waals surface area contributed by atoms with E-state index in [4.69, 9.17) is 16.6 Å². The molecule has 2 aromatic carbocycles. The summed E-state index contributed by atoms with van der Waals surface area (Å²) in [6, 6.07) is 13.6. The molecular weight excluding hydrogens is 474 g/mol. The molecule has 7 nitrogen and oxygen atoms in total. The van der Waals surface area contributed by atoms with Gasteiger partial charge in [-0.05, 0) is 71.4 Å². The Morgan fingerprint density at radius 2 is 1.86 bits per heavy atom. The first-order valence-corrected chi connectivity index (χ1v) is 13.0. The second kappa shape index (κ2) is 10.6. The van der Waals surface area contributed by atoms with E-state index < -0.39 is 5.54 Å². The predicted molar refractivity (Wildman–Crippen MR) is 148 cm³/mol. The number of nitrogens with zero attached hydrogens (tertiary/aromatic N) is 4. The molecule has 1 aliphatic rings. The van der Waals surface area contributed by atoms with Gasteiger partial charge in [0.05, 0.1) is 10.9 Å². The number of aromatic nitrogens is 2. The van der Waals surface area contributed by atoms with Crippen molar-refractivity contribution in [3.8, 4) is 11.4 Å². The normalized spacial score (nSPS) is 15.4. The van der Waals surface area contributed by atoms with Crippen LogP contribution >= 0.6 is 11.6 Å². The monoisotopic (exact) mass is 509 g/mol. The van der Waals surface area contributed by atoms with Crippen LogP contribution in [0.2, 0.25) is 5.02 Å². The molecule has 1 amide bonds. The minimum absolute atomic E-state index is 0.127. The van der Waals surface area contributed by atoms with Crippen molar-refractivity contribution in [2.75, 3.05) is 31.1 Å². The van der Waals surface area contributed by atoms with Gasteiger partial charge >= 0.3 is 0 Å². The van der Waals surface area contributed by atoms with Gasteiger partial charge in [0.15, 0.2) is 0 Å². The number of benzene rings is 2. The molecule has 0 spiro atoms. The van der Waals surface area contributed by atoms with Crippen LogP contribution in [0.1, 0.15) is 41.0 Å². The Morgan fingerprint density at radius 3 is 2.56 bits per heavy atom. The highest BCUT2D eigenvalue weighted by Crippen LogP contribution is 2.25. The van der Waals surface area contributed by atoms with Crippen LogP contribution in [0, 0.1) is 0 Å². The SMILES string of the molecule is CC(C)N1CCCN(c2ccc3nc(-c4cccc(Cl)c4)n(CC(=O)NC(C)(C)C)c(=O)c3c2)CC1. The van der Waals surface area contributed by atoms with Crippen LogP contribution in [0.15, 0.2) is 47.3 Å². The van der Waals surface area contributed by atoms with Crippen molar-refractivity contribution in [3.63, 3.8) is 0 Å². The molecule has 4 rings (SSSR count). The quantitative estimate of drug-likeness (QED) is 0.546. The maximum atomic E-state index is 13.8. The number of hydrogen-bond acceptors (Lipinski definition) is 5. The van der Waals surface area contributed by atoms with Crippen molar-refractivity contribution >= 4 is 34.1 Å². The number of amides is 1. The zero-order valence-electron chi connectivity index (χ0n) is 21.8. The molecule has 0 radical (unpaired) electrons. The molecule has 1 fully saturated rings. The van der Waals surface area contributed by atoms with E-state index in [0.29, 0.717) is 33.4 Å². The molecule has 0 bridgehead atoms. The molecule has 192 valence electrons. The molecule has 0 aliphatic carbocycles. The molecule has 1 aromatic heterocycles. The average molecular weight is 510 g/mol. The first kappa shape index (κ1) is 26.2. The van der Waals surface area contributed by atoms with Crippen LogP contribution in [0.25, 0.3) is 22.3 Å². The topological polar surface area (TPSA) is 70.5 Å². The van der Waals surface area contributed by atoms with Crippen molar-refractivity contribution in [1.82, 2.24) is 19.8 Å². The highest BCUT2D eigenvalue weighted by molar-refractivity contribution is 6.30. The van der Waals surface area contributed by atoms with Gasteiger partial charge in [-0.3, -0.25) is 19.1 Å². The number of fused-ring (bicyclic) bond motifs is 1. The van der Waals surface area contributed by atoms with E-state index in [9.17, 15) is 9.59 Å². The molecule has 0 atom stereocenters. The van der Waals surface area contributed by atoms with Gasteiger partial charge in [-0.2, -0.15) is 0 Å². The van der Waals surface area contributed by atoms with E-state index in [0.717, 1.165) is 38.3 Å². The molecule has 1 aliphatic heterocycles. The molecule has 8 heteroatoms. The number of rotatable bonds is 5. The predicted octanol–water partition coefficient (Wildman–Crippen LogP) is 4.55. The van der Waals surface area contributed by atoms with Crippen molar-refractivity contribution in [2.24, 2.45) is 0 Å². The molecule has 1 saturated heterocycles. The smallest absolute Gasteiger partial charge is 0.262 e. The van der Waals surface area contributed by atoms with E-state index in [2.05, 4.69) is 29.0 Å². The number of hydrogen-bond donors (Lipinski definition) is 1. The van der Waals surface area contributed by atoms with E-state index in [-0.39, 0.29) is 18.0 Å². The second-order valence-electron chi connectivity index (χ2n) is 10.8. The third-order valence-corrected chi connectivity index (χ3v) is 6.70. The molecule has 3 aromatic rings. The number of nitrogens with one attached hydrogen (secondary N) is 1. The summed E-state index contributed by atoms with van der Waals surface area (Å²) in [6.45, 7) is 14.0. The van der Waals surface area contributed by atoms with Crippen LogP contribution in [0.3, 0.4) is 0 Å².